The van der Waals surface area contributed by atoms with E-state index in [4.69, 9.17) is 32.7 Å². The summed E-state index contributed by atoms with van der Waals surface area (Å²) in [5, 5.41) is 3.66. The van der Waals surface area contributed by atoms with Crippen molar-refractivity contribution in [1.82, 2.24) is 0 Å². The van der Waals surface area contributed by atoms with Crippen molar-refractivity contribution in [2.75, 3.05) is 12.1 Å². The zero-order chi connectivity index (χ0) is 18.0. The average Bonchev–Trinajstić information content (AvgIpc) is 3.01. The number of ketones is 2. The summed E-state index contributed by atoms with van der Waals surface area (Å²) < 4.78 is 10.6. The predicted octanol–water partition coefficient (Wildman–Crippen LogP) is 4.73. The molecule has 2 aromatic rings. The number of fused-ring (bicyclic) bond motifs is 1. The number of benzene rings is 2. The smallest absolute Gasteiger partial charge is 0.231 e. The summed E-state index contributed by atoms with van der Waals surface area (Å²) in [7, 11) is 0. The Balaban J connectivity index is 1.80. The van der Waals surface area contributed by atoms with Gasteiger partial charge in [-0.2, -0.15) is 0 Å². The molecule has 0 spiro atoms. The molecule has 3 rings (SSSR count). The fraction of sp³-hybridized carbons (Fsp3) is 0.111. The Morgan fingerprint density at radius 1 is 1.08 bits per heavy atom. The molecule has 5 nitrogen and oxygen atoms in total. The molecule has 1 N–H and O–H groups in total. The average molecular weight is 378 g/mol. The number of carbonyl (C=O) groups excluding carboxylic acids is 2. The molecule has 0 amide bonds. The van der Waals surface area contributed by atoms with E-state index >= 15 is 0 Å². The van der Waals surface area contributed by atoms with Crippen molar-refractivity contribution in [2.45, 2.75) is 6.92 Å². The largest absolute Gasteiger partial charge is 0.454 e. The second-order valence-electron chi connectivity index (χ2n) is 5.27. The summed E-state index contributed by atoms with van der Waals surface area (Å²) in [6.45, 7) is 1.56. The molecule has 0 aromatic heterocycles. The number of Topliss-reactive ketones (excluding diaryl/α,β-unsaturated/α-hetero) is 1. The highest BCUT2D eigenvalue weighted by molar-refractivity contribution is 6.37. The molecular formula is C18H13Cl2NO4. The number of carbonyl (C=O) groups is 2. The van der Waals surface area contributed by atoms with Gasteiger partial charge >= 0.3 is 0 Å². The Labute approximate surface area is 154 Å². The first-order valence-electron chi connectivity index (χ1n) is 7.33. The van der Waals surface area contributed by atoms with Gasteiger partial charge in [0.2, 0.25) is 6.79 Å². The van der Waals surface area contributed by atoms with Gasteiger partial charge in [0.05, 0.1) is 10.7 Å². The summed E-state index contributed by atoms with van der Waals surface area (Å²) in [5.74, 6) is 0.622. The van der Waals surface area contributed by atoms with Crippen LogP contribution in [0.15, 0.2) is 42.6 Å². The molecule has 1 heterocycles. The number of anilines is 1. The molecule has 0 unspecified atom stereocenters. The van der Waals surface area contributed by atoms with Crippen molar-refractivity contribution in [1.29, 1.82) is 0 Å². The molecule has 0 saturated carbocycles. The van der Waals surface area contributed by atoms with Gasteiger partial charge in [-0.15, -0.1) is 0 Å². The quantitative estimate of drug-likeness (QED) is 0.602. The van der Waals surface area contributed by atoms with Crippen molar-refractivity contribution < 1.29 is 19.1 Å². The van der Waals surface area contributed by atoms with Crippen LogP contribution < -0.4 is 14.8 Å². The summed E-state index contributed by atoms with van der Waals surface area (Å²) in [4.78, 5) is 24.0. The summed E-state index contributed by atoms with van der Waals surface area (Å²) in [5.41, 5.74) is 1.29. The number of rotatable bonds is 5. The van der Waals surface area contributed by atoms with Crippen LogP contribution in [0.25, 0.3) is 0 Å². The molecule has 0 atom stereocenters. The Hall–Kier alpha value is -2.50. The third-order valence-electron chi connectivity index (χ3n) is 3.56. The van der Waals surface area contributed by atoms with Crippen LogP contribution in [-0.2, 0) is 0 Å². The molecule has 0 bridgehead atoms. The SMILES string of the molecule is CC(=O)c1cc2c(cc1N/C=C\C(=O)c1ccc(Cl)cc1Cl)OCO2. The minimum absolute atomic E-state index is 0.111. The summed E-state index contributed by atoms with van der Waals surface area (Å²) in [6, 6.07) is 7.91. The van der Waals surface area contributed by atoms with Gasteiger partial charge in [-0.3, -0.25) is 9.59 Å². The molecule has 1 aliphatic heterocycles. The lowest BCUT2D eigenvalue weighted by Crippen LogP contribution is -2.01. The maximum atomic E-state index is 12.2. The van der Waals surface area contributed by atoms with Crippen molar-refractivity contribution in [2.24, 2.45) is 0 Å². The minimum Gasteiger partial charge on any atom is -0.454 e. The number of halogens is 2. The molecular weight excluding hydrogens is 365 g/mol. The van der Waals surface area contributed by atoms with E-state index in [1.54, 1.807) is 24.3 Å². The first-order valence-corrected chi connectivity index (χ1v) is 8.08. The van der Waals surface area contributed by atoms with E-state index in [-0.39, 0.29) is 23.4 Å². The number of ether oxygens (including phenoxy) is 2. The van der Waals surface area contributed by atoms with Crippen molar-refractivity contribution in [3.63, 3.8) is 0 Å². The number of allylic oxidation sites excluding steroid dienone is 1. The second kappa shape index (κ2) is 7.17. The molecule has 7 heteroatoms. The van der Waals surface area contributed by atoms with Crippen LogP contribution in [-0.4, -0.2) is 18.4 Å². The van der Waals surface area contributed by atoms with Crippen LogP contribution in [0.3, 0.4) is 0 Å². The fourth-order valence-electron chi connectivity index (χ4n) is 2.34. The molecule has 128 valence electrons. The van der Waals surface area contributed by atoms with E-state index < -0.39 is 0 Å². The van der Waals surface area contributed by atoms with Crippen molar-refractivity contribution in [3.8, 4) is 11.5 Å². The number of nitrogens with one attached hydrogen (secondary N) is 1. The van der Waals surface area contributed by atoms with E-state index in [0.29, 0.717) is 33.3 Å². The third-order valence-corrected chi connectivity index (χ3v) is 4.11. The molecule has 0 aliphatic carbocycles. The summed E-state index contributed by atoms with van der Waals surface area (Å²) >= 11 is 11.8. The second-order valence-corrected chi connectivity index (χ2v) is 6.12. The maximum absolute atomic E-state index is 12.2. The highest BCUT2D eigenvalue weighted by atomic mass is 35.5. The molecule has 1 aliphatic rings. The highest BCUT2D eigenvalue weighted by Crippen LogP contribution is 2.37. The maximum Gasteiger partial charge on any atom is 0.231 e. The zero-order valence-corrected chi connectivity index (χ0v) is 14.6. The van der Waals surface area contributed by atoms with E-state index in [2.05, 4.69) is 5.32 Å². The molecule has 0 saturated heterocycles. The monoisotopic (exact) mass is 377 g/mol. The fourth-order valence-corrected chi connectivity index (χ4v) is 2.84. The van der Waals surface area contributed by atoms with Crippen LogP contribution in [0, 0.1) is 0 Å². The minimum atomic E-state index is -0.292. The van der Waals surface area contributed by atoms with Gasteiger partial charge in [-0.1, -0.05) is 23.2 Å². The van der Waals surface area contributed by atoms with Gasteiger partial charge in [-0.05, 0) is 31.2 Å². The van der Waals surface area contributed by atoms with Gasteiger partial charge in [-0.25, -0.2) is 0 Å². The Kier molecular flexibility index (Phi) is 4.97. The van der Waals surface area contributed by atoms with Crippen LogP contribution in [0.2, 0.25) is 10.0 Å². The number of hydrogen-bond donors (Lipinski definition) is 1. The van der Waals surface area contributed by atoms with Crippen LogP contribution >= 0.6 is 23.2 Å². The van der Waals surface area contributed by atoms with Gasteiger partial charge in [0.25, 0.3) is 0 Å². The van der Waals surface area contributed by atoms with Gasteiger partial charge in [0.1, 0.15) is 0 Å². The van der Waals surface area contributed by atoms with E-state index in [9.17, 15) is 9.59 Å². The first kappa shape index (κ1) is 17.3. The van der Waals surface area contributed by atoms with Gasteiger partial charge < -0.3 is 14.8 Å². The first-order chi connectivity index (χ1) is 12.0. The van der Waals surface area contributed by atoms with E-state index in [0.717, 1.165) is 0 Å². The van der Waals surface area contributed by atoms with Crippen molar-refractivity contribution in [3.05, 3.63) is 63.8 Å². The van der Waals surface area contributed by atoms with Crippen LogP contribution in [0.5, 0.6) is 11.5 Å². The Bertz CT molecular complexity index is 893. The van der Waals surface area contributed by atoms with Crippen LogP contribution in [0.4, 0.5) is 5.69 Å². The lowest BCUT2D eigenvalue weighted by molar-refractivity contribution is 0.101. The highest BCUT2D eigenvalue weighted by Gasteiger charge is 2.18. The Morgan fingerprint density at radius 2 is 1.80 bits per heavy atom. The van der Waals surface area contributed by atoms with Gasteiger partial charge in [0.15, 0.2) is 23.1 Å². The van der Waals surface area contributed by atoms with Gasteiger partial charge in [0, 0.05) is 34.5 Å². The predicted molar refractivity (Wildman–Crippen MR) is 96.1 cm³/mol. The standard InChI is InChI=1S/C18H13Cl2NO4/c1-10(22)13-7-17-18(25-9-24-17)8-15(13)21-5-4-16(23)12-3-2-11(19)6-14(12)20/h2-8,21H,9H2,1H3/b5-4-. The lowest BCUT2D eigenvalue weighted by atomic mass is 10.1. The zero-order valence-electron chi connectivity index (χ0n) is 13.1. The molecule has 2 aromatic carbocycles. The van der Waals surface area contributed by atoms with Crippen LogP contribution in [0.1, 0.15) is 27.6 Å². The van der Waals surface area contributed by atoms with E-state index in [1.165, 1.54) is 25.3 Å². The normalized spacial score (nSPS) is 12.4. The molecule has 0 radical (unpaired) electrons. The molecule has 25 heavy (non-hydrogen) atoms. The number of hydrogen-bond acceptors (Lipinski definition) is 5. The summed E-state index contributed by atoms with van der Waals surface area (Å²) in [6.07, 6.45) is 2.76. The van der Waals surface area contributed by atoms with Crippen molar-refractivity contribution >= 4 is 40.5 Å². The van der Waals surface area contributed by atoms with E-state index in [1.807, 2.05) is 0 Å². The molecule has 0 fully saturated rings. The topological polar surface area (TPSA) is 64.6 Å². The Morgan fingerprint density at radius 3 is 2.48 bits per heavy atom. The lowest BCUT2D eigenvalue weighted by Gasteiger charge is -2.08. The third kappa shape index (κ3) is 3.78.